The Morgan fingerprint density at radius 1 is 1.57 bits per heavy atom. The number of anilines is 2. The fourth-order valence-corrected chi connectivity index (χ4v) is 1.73. The minimum atomic E-state index is -3.56. The maximum absolute atomic E-state index is 11.9. The zero-order chi connectivity index (χ0) is 26.0. The van der Waals surface area contributed by atoms with E-state index >= 15 is 0 Å². The van der Waals surface area contributed by atoms with Crippen molar-refractivity contribution in [2.75, 3.05) is 10.6 Å². The summed E-state index contributed by atoms with van der Waals surface area (Å²) in [5.74, 6) is -4.29. The summed E-state index contributed by atoms with van der Waals surface area (Å²) in [6, 6.07) is -3.36. The molecule has 5 N–H and O–H groups in total. The van der Waals surface area contributed by atoms with Gasteiger partial charge in [0.2, 0.25) is 5.95 Å². The largest absolute Gasteiger partial charge is 0.393 e. The maximum Gasteiger partial charge on any atom is 0.254 e. The van der Waals surface area contributed by atoms with E-state index in [0.717, 1.165) is 6.20 Å². The van der Waals surface area contributed by atoms with Crippen LogP contribution in [0.5, 0.6) is 0 Å². The number of hydrogen-bond donors (Lipinski definition) is 4. The Labute approximate surface area is 151 Å². The Bertz CT molecular complexity index is 933. The molecule has 1 heterocycles. The molecule has 7 heteroatoms. The van der Waals surface area contributed by atoms with Gasteiger partial charge in [-0.25, -0.2) is 4.98 Å². The summed E-state index contributed by atoms with van der Waals surface area (Å²) < 4.78 is 80.9. The summed E-state index contributed by atoms with van der Waals surface area (Å²) in [4.78, 5) is 19.8. The topological polar surface area (TPSA) is 113 Å². The zero-order valence-corrected chi connectivity index (χ0v) is 13.1. The number of aliphatic hydroxyl groups excluding tert-OH is 1. The molecule has 3 atom stereocenters. The molecule has 23 heavy (non-hydrogen) atoms. The summed E-state index contributed by atoms with van der Waals surface area (Å²) in [7, 11) is 0. The first kappa shape index (κ1) is 8.28. The lowest BCUT2D eigenvalue weighted by Gasteiger charge is -2.32. The highest BCUT2D eigenvalue weighted by Gasteiger charge is 2.27. The van der Waals surface area contributed by atoms with E-state index in [0.29, 0.717) is 0 Å². The van der Waals surface area contributed by atoms with Crippen LogP contribution in [-0.4, -0.2) is 38.6 Å². The number of carbonyl (C=O) groups excluding carboxylic acids is 1. The summed E-state index contributed by atoms with van der Waals surface area (Å²) >= 11 is 0. The van der Waals surface area contributed by atoms with E-state index in [1.54, 1.807) is 20.8 Å². The quantitative estimate of drug-likeness (QED) is 0.668. The van der Waals surface area contributed by atoms with Gasteiger partial charge >= 0.3 is 0 Å². The zero-order valence-electron chi connectivity index (χ0n) is 23.1. The van der Waals surface area contributed by atoms with Gasteiger partial charge in [-0.05, 0) is 45.8 Å². The molecule has 1 aromatic rings. The Kier molecular flexibility index (Phi) is 2.41. The average Bonchev–Trinajstić information content (AvgIpc) is 2.57. The molecule has 1 saturated carbocycles. The van der Waals surface area contributed by atoms with E-state index in [9.17, 15) is 9.90 Å². The molecule has 0 radical (unpaired) electrons. The van der Waals surface area contributed by atoms with Gasteiger partial charge in [-0.1, -0.05) is 6.85 Å². The van der Waals surface area contributed by atoms with E-state index in [1.165, 1.54) is 0 Å². The molecule has 1 aromatic heterocycles. The van der Waals surface area contributed by atoms with E-state index in [-0.39, 0.29) is 5.95 Å². The van der Waals surface area contributed by atoms with Crippen molar-refractivity contribution in [3.63, 3.8) is 0 Å². The van der Waals surface area contributed by atoms with Crippen molar-refractivity contribution < 1.29 is 23.6 Å². The van der Waals surface area contributed by atoms with Gasteiger partial charge < -0.3 is 21.5 Å². The Balaban J connectivity index is 2.73. The van der Waals surface area contributed by atoms with Crippen LogP contribution in [0, 0.1) is 5.92 Å². The van der Waals surface area contributed by atoms with E-state index in [1.807, 2.05) is 0 Å². The van der Waals surface area contributed by atoms with Crippen molar-refractivity contribution in [2.45, 2.75) is 64.4 Å². The number of aromatic nitrogens is 2. The number of primary amides is 1. The fourth-order valence-electron chi connectivity index (χ4n) is 1.73. The van der Waals surface area contributed by atoms with E-state index in [4.69, 9.17) is 19.4 Å². The van der Waals surface area contributed by atoms with Crippen LogP contribution in [0.4, 0.5) is 11.8 Å². The van der Waals surface area contributed by atoms with E-state index in [2.05, 4.69) is 20.6 Å². The van der Waals surface area contributed by atoms with Gasteiger partial charge in [0.25, 0.3) is 5.91 Å². The summed E-state index contributed by atoms with van der Waals surface area (Å²) in [5.41, 5.74) is 4.28. The molecule has 1 aliphatic carbocycles. The molecule has 0 aliphatic heterocycles. The van der Waals surface area contributed by atoms with Gasteiger partial charge in [0, 0.05) is 30.1 Å². The lowest BCUT2D eigenvalue weighted by molar-refractivity contribution is 0.0739. The molecule has 1 amide bonds. The number of nitrogens with zero attached hydrogens (tertiary/aromatic N) is 2. The third kappa shape index (κ3) is 4.79. The lowest BCUT2D eigenvalue weighted by atomic mass is 9.85. The first-order chi connectivity index (χ1) is 14.5. The van der Waals surface area contributed by atoms with Crippen LogP contribution in [0.2, 0.25) is 0 Å². The number of aliphatic hydroxyl groups is 1. The predicted octanol–water partition coefficient (Wildman–Crippen LogP) is 1.75. The average molecular weight is 331 g/mol. The molecule has 0 spiro atoms. The van der Waals surface area contributed by atoms with Crippen LogP contribution in [-0.2, 0) is 0 Å². The SMILES string of the molecule is [2H]C([2H])([2H])C1C(O)C([2H])([2H])C([2H])(Nc2nc(NC(C)(C)C)ncc2C(N)=O)C([2H])([2H])C1([2H])[2H]. The second-order valence-corrected chi connectivity index (χ2v) is 6.03. The normalized spacial score (nSPS) is 41.7. The molecule has 7 nitrogen and oxygen atoms in total. The Morgan fingerprint density at radius 2 is 2.30 bits per heavy atom. The van der Waals surface area contributed by atoms with Crippen molar-refractivity contribution in [1.29, 1.82) is 0 Å². The second kappa shape index (κ2) is 6.70. The first-order valence-corrected chi connectivity index (χ1v) is 6.92. The molecule has 0 aromatic carbocycles. The molecule has 2 rings (SSSR count). The Morgan fingerprint density at radius 3 is 2.91 bits per heavy atom. The molecule has 128 valence electrons. The standard InChI is InChI=1S/C16H27N5O2/c1-9-5-6-10(7-12(9)22)19-14-11(13(17)23)8-18-15(20-14)21-16(2,3)4/h8-10,12,22H,5-7H2,1-4H3,(H2,17,23)(H2,18,19,20,21)/i1D3,5D2,6D2,7D2,10D. The number of carbonyl (C=O) groups is 1. The highest BCUT2D eigenvalue weighted by Crippen LogP contribution is 2.27. The van der Waals surface area contributed by atoms with Crippen molar-refractivity contribution >= 4 is 17.7 Å². The molecule has 1 aliphatic rings. The van der Waals surface area contributed by atoms with Gasteiger partial charge in [-0.3, -0.25) is 4.79 Å². The molecule has 3 unspecified atom stereocenters. The lowest BCUT2D eigenvalue weighted by Crippen LogP contribution is -2.36. The predicted molar refractivity (Wildman–Crippen MR) is 90.4 cm³/mol. The minimum Gasteiger partial charge on any atom is -0.393 e. The maximum atomic E-state index is 11.9. The monoisotopic (exact) mass is 331 g/mol. The summed E-state index contributed by atoms with van der Waals surface area (Å²) in [6.45, 7) is 1.99. The van der Waals surface area contributed by atoms with Gasteiger partial charge in [-0.2, -0.15) is 4.98 Å². The number of nitrogens with one attached hydrogen (secondary N) is 2. The van der Waals surface area contributed by atoms with Crippen molar-refractivity contribution in [3.05, 3.63) is 11.8 Å². The molecule has 1 fully saturated rings. The highest BCUT2D eigenvalue weighted by atomic mass is 16.3. The van der Waals surface area contributed by atoms with Gasteiger partial charge in [-0.15, -0.1) is 0 Å². The molecular weight excluding hydrogens is 294 g/mol. The number of hydrogen-bond acceptors (Lipinski definition) is 6. The van der Waals surface area contributed by atoms with Crippen molar-refractivity contribution in [3.8, 4) is 0 Å². The van der Waals surface area contributed by atoms with Crippen molar-refractivity contribution in [2.24, 2.45) is 11.7 Å². The van der Waals surface area contributed by atoms with Crippen LogP contribution < -0.4 is 16.4 Å². The van der Waals surface area contributed by atoms with Crippen LogP contribution in [0.1, 0.15) is 70.8 Å². The van der Waals surface area contributed by atoms with Crippen LogP contribution in [0.3, 0.4) is 0 Å². The smallest absolute Gasteiger partial charge is 0.254 e. The van der Waals surface area contributed by atoms with Gasteiger partial charge in [0.05, 0.1) is 13.0 Å². The number of rotatable bonds is 4. The Hall–Kier alpha value is -1.89. The number of amides is 1. The molecule has 0 bridgehead atoms. The summed E-state index contributed by atoms with van der Waals surface area (Å²) in [5, 5.41) is 15.5. The van der Waals surface area contributed by atoms with Crippen molar-refractivity contribution in [1.82, 2.24) is 9.97 Å². The van der Waals surface area contributed by atoms with Crippen LogP contribution in [0.25, 0.3) is 0 Å². The van der Waals surface area contributed by atoms with E-state index < -0.39 is 66.8 Å². The number of nitrogens with two attached hydrogens (primary N) is 1. The van der Waals surface area contributed by atoms with Gasteiger partial charge in [0.15, 0.2) is 0 Å². The third-order valence-corrected chi connectivity index (χ3v) is 2.75. The first-order valence-electron chi connectivity index (χ1n) is 11.9. The third-order valence-electron chi connectivity index (χ3n) is 2.75. The highest BCUT2D eigenvalue weighted by molar-refractivity contribution is 5.97. The minimum absolute atomic E-state index is 0.0977. The van der Waals surface area contributed by atoms with Crippen LogP contribution in [0.15, 0.2) is 6.20 Å². The summed E-state index contributed by atoms with van der Waals surface area (Å²) in [6.07, 6.45) is -12.0. The molecule has 0 saturated heterocycles. The van der Waals surface area contributed by atoms with Crippen LogP contribution >= 0.6 is 0 Å². The second-order valence-electron chi connectivity index (χ2n) is 6.03. The fraction of sp³-hybridized carbons (Fsp3) is 0.688. The van der Waals surface area contributed by atoms with Gasteiger partial charge in [0.1, 0.15) is 5.82 Å². The molecular formula is C16H27N5O2.